The lowest BCUT2D eigenvalue weighted by molar-refractivity contribution is 0.579. The molecule has 0 fully saturated rings. The molecule has 0 aliphatic rings. The van der Waals surface area contributed by atoms with Crippen molar-refractivity contribution in [3.8, 4) is 0 Å². The highest BCUT2D eigenvalue weighted by Gasteiger charge is 1.91. The lowest BCUT2D eigenvalue weighted by Crippen LogP contribution is -1.81. The van der Waals surface area contributed by atoms with Crippen molar-refractivity contribution < 1.29 is 0 Å². The summed E-state index contributed by atoms with van der Waals surface area (Å²) >= 11 is 0. The zero-order chi connectivity index (χ0) is 13.6. The minimum absolute atomic E-state index is 1.22. The maximum absolute atomic E-state index is 2.81. The van der Waals surface area contributed by atoms with E-state index in [1.54, 1.807) is 0 Å². The molecule has 0 N–H and O–H groups in total. The van der Waals surface area contributed by atoms with Gasteiger partial charge in [-0.1, -0.05) is 81.0 Å². The van der Waals surface area contributed by atoms with E-state index in [4.69, 9.17) is 0 Å². The highest BCUT2D eigenvalue weighted by Crippen LogP contribution is 2.11. The van der Waals surface area contributed by atoms with E-state index in [0.29, 0.717) is 0 Å². The van der Waals surface area contributed by atoms with E-state index in [9.17, 15) is 0 Å². The molecule has 0 heterocycles. The molecule has 0 spiro atoms. The van der Waals surface area contributed by atoms with Crippen molar-refractivity contribution in [1.29, 1.82) is 0 Å². The molecule has 0 amide bonds. The van der Waals surface area contributed by atoms with Gasteiger partial charge in [0.2, 0.25) is 0 Å². The van der Waals surface area contributed by atoms with Crippen molar-refractivity contribution >= 4 is 15.3 Å². The molecule has 0 nitrogen and oxygen atoms in total. The smallest absolute Gasteiger partial charge is 0.0260 e. The second kappa shape index (κ2) is 12.4. The van der Waals surface area contributed by atoms with Crippen LogP contribution in [0.2, 0.25) is 0 Å². The van der Waals surface area contributed by atoms with Crippen molar-refractivity contribution in [3.63, 3.8) is 0 Å². The van der Waals surface area contributed by atoms with Gasteiger partial charge in [-0.2, -0.15) is 0 Å². The normalized spacial score (nSPS) is 11.2. The Morgan fingerprint density at radius 3 is 1.95 bits per heavy atom. The van der Waals surface area contributed by atoms with Crippen LogP contribution in [0.5, 0.6) is 0 Å². The van der Waals surface area contributed by atoms with Gasteiger partial charge in [0.1, 0.15) is 0 Å². The number of hydrogen-bond acceptors (Lipinski definition) is 0. The topological polar surface area (TPSA) is 0 Å². The van der Waals surface area contributed by atoms with Crippen LogP contribution in [0.25, 0.3) is 6.08 Å². The van der Waals surface area contributed by atoms with Crippen LogP contribution in [-0.2, 0) is 0 Å². The van der Waals surface area contributed by atoms with E-state index in [2.05, 4.69) is 51.7 Å². The summed E-state index contributed by atoms with van der Waals surface area (Å²) in [5.41, 5.74) is 1.32. The monoisotopic (exact) mass is 276 g/mol. The fourth-order valence-corrected chi connectivity index (χ4v) is 2.54. The second-order valence-corrected chi connectivity index (χ2v) is 5.80. The van der Waals surface area contributed by atoms with Gasteiger partial charge in [0.25, 0.3) is 0 Å². The summed E-state index contributed by atoms with van der Waals surface area (Å²) in [5.74, 6) is 0. The fraction of sp³-hybridized carbons (Fsp3) is 0.556. The standard InChI is InChI=1S/C18H29P/c19-17-13-8-6-4-2-1-3-5-7-10-14-18-15-11-9-12-16-18/h9-12,14-16H,1-8,13,17,19H2. The third kappa shape index (κ3) is 9.91. The average Bonchev–Trinajstić information content (AvgIpc) is 2.46. The molecule has 0 bridgehead atoms. The Morgan fingerprint density at radius 1 is 0.737 bits per heavy atom. The van der Waals surface area contributed by atoms with Gasteiger partial charge in [-0.3, -0.25) is 0 Å². The van der Waals surface area contributed by atoms with E-state index >= 15 is 0 Å². The van der Waals surface area contributed by atoms with Crippen LogP contribution in [-0.4, -0.2) is 6.16 Å². The minimum Gasteiger partial charge on any atom is -0.138 e. The number of hydrogen-bond donors (Lipinski definition) is 0. The first-order valence-electron chi connectivity index (χ1n) is 7.85. The summed E-state index contributed by atoms with van der Waals surface area (Å²) in [6.45, 7) is 0. The molecule has 0 saturated heterocycles. The zero-order valence-electron chi connectivity index (χ0n) is 12.2. The number of allylic oxidation sites excluding steroid dienone is 1. The van der Waals surface area contributed by atoms with E-state index in [-0.39, 0.29) is 0 Å². The van der Waals surface area contributed by atoms with Gasteiger partial charge < -0.3 is 0 Å². The van der Waals surface area contributed by atoms with Crippen LogP contribution in [0.3, 0.4) is 0 Å². The molecule has 1 aromatic carbocycles. The van der Waals surface area contributed by atoms with Crippen LogP contribution < -0.4 is 0 Å². The minimum atomic E-state index is 1.22. The molecule has 0 aliphatic heterocycles. The summed E-state index contributed by atoms with van der Waals surface area (Å²) in [7, 11) is 2.81. The Bertz CT molecular complexity index is 316. The Morgan fingerprint density at radius 2 is 1.32 bits per heavy atom. The van der Waals surface area contributed by atoms with Crippen molar-refractivity contribution in [2.24, 2.45) is 0 Å². The number of unbranched alkanes of at least 4 members (excludes halogenated alkanes) is 8. The largest absolute Gasteiger partial charge is 0.138 e. The summed E-state index contributed by atoms with van der Waals surface area (Å²) in [6, 6.07) is 10.6. The summed E-state index contributed by atoms with van der Waals surface area (Å²) < 4.78 is 0. The highest BCUT2D eigenvalue weighted by molar-refractivity contribution is 7.16. The molecular weight excluding hydrogens is 247 g/mol. The van der Waals surface area contributed by atoms with Crippen LogP contribution in [0.1, 0.15) is 63.4 Å². The molecule has 1 aromatic rings. The van der Waals surface area contributed by atoms with Crippen LogP contribution in [0, 0.1) is 0 Å². The molecule has 0 aromatic heterocycles. The Labute approximate surface area is 121 Å². The molecule has 106 valence electrons. The maximum Gasteiger partial charge on any atom is -0.0260 e. The molecule has 1 rings (SSSR count). The van der Waals surface area contributed by atoms with E-state index in [0.717, 1.165) is 0 Å². The second-order valence-electron chi connectivity index (χ2n) is 5.22. The predicted octanol–water partition coefficient (Wildman–Crippen LogP) is 6.09. The third-order valence-electron chi connectivity index (χ3n) is 3.43. The first-order chi connectivity index (χ1) is 9.43. The quantitative estimate of drug-likeness (QED) is 0.339. The average molecular weight is 276 g/mol. The van der Waals surface area contributed by atoms with Gasteiger partial charge in [0, 0.05) is 0 Å². The molecule has 1 atom stereocenters. The maximum atomic E-state index is 2.81. The first-order valence-corrected chi connectivity index (χ1v) is 8.67. The SMILES string of the molecule is PCCCCCCCCCCC=Cc1ccccc1. The van der Waals surface area contributed by atoms with Gasteiger partial charge in [-0.25, -0.2) is 0 Å². The van der Waals surface area contributed by atoms with Gasteiger partial charge in [0.05, 0.1) is 0 Å². The van der Waals surface area contributed by atoms with Crippen LogP contribution in [0.4, 0.5) is 0 Å². The van der Waals surface area contributed by atoms with Crippen molar-refractivity contribution in [1.82, 2.24) is 0 Å². The van der Waals surface area contributed by atoms with E-state index in [1.165, 1.54) is 69.5 Å². The van der Waals surface area contributed by atoms with E-state index in [1.807, 2.05) is 0 Å². The van der Waals surface area contributed by atoms with Gasteiger partial charge in [0.15, 0.2) is 0 Å². The molecule has 0 radical (unpaired) electrons. The van der Waals surface area contributed by atoms with E-state index < -0.39 is 0 Å². The lowest BCUT2D eigenvalue weighted by Gasteiger charge is -2.00. The first kappa shape index (κ1) is 16.4. The fourth-order valence-electron chi connectivity index (χ4n) is 2.25. The van der Waals surface area contributed by atoms with Crippen LogP contribution in [0.15, 0.2) is 36.4 Å². The molecular formula is C18H29P. The summed E-state index contributed by atoms with van der Waals surface area (Å²) in [5, 5.41) is 0. The van der Waals surface area contributed by atoms with Crippen molar-refractivity contribution in [2.45, 2.75) is 57.8 Å². The van der Waals surface area contributed by atoms with Crippen LogP contribution >= 0.6 is 9.24 Å². The molecule has 1 heteroatoms. The summed E-state index contributed by atoms with van der Waals surface area (Å²) in [6.07, 6.45) is 18.3. The molecule has 19 heavy (non-hydrogen) atoms. The Kier molecular flexibility index (Phi) is 10.8. The highest BCUT2D eigenvalue weighted by atomic mass is 31.0. The third-order valence-corrected chi connectivity index (χ3v) is 3.84. The molecule has 0 saturated carbocycles. The molecule has 1 unspecified atom stereocenters. The number of rotatable bonds is 11. The Balaban J connectivity index is 1.87. The predicted molar refractivity (Wildman–Crippen MR) is 91.6 cm³/mol. The zero-order valence-corrected chi connectivity index (χ0v) is 13.3. The van der Waals surface area contributed by atoms with Gasteiger partial charge in [-0.05, 0) is 31.0 Å². The number of benzene rings is 1. The molecule has 0 aliphatic carbocycles. The lowest BCUT2D eigenvalue weighted by atomic mass is 10.1. The van der Waals surface area contributed by atoms with Gasteiger partial charge in [-0.15, -0.1) is 9.24 Å². The Hall–Kier alpha value is -0.610. The summed E-state index contributed by atoms with van der Waals surface area (Å²) in [4.78, 5) is 0. The van der Waals surface area contributed by atoms with Crippen molar-refractivity contribution in [2.75, 3.05) is 6.16 Å². The van der Waals surface area contributed by atoms with Gasteiger partial charge >= 0.3 is 0 Å². The van der Waals surface area contributed by atoms with Crippen molar-refractivity contribution in [3.05, 3.63) is 42.0 Å².